The van der Waals surface area contributed by atoms with Gasteiger partial charge in [-0.25, -0.2) is 0 Å². The van der Waals surface area contributed by atoms with Gasteiger partial charge < -0.3 is 10.1 Å². The Bertz CT molecular complexity index is 566. The number of anilines is 1. The first-order valence-corrected chi connectivity index (χ1v) is 7.75. The van der Waals surface area contributed by atoms with Gasteiger partial charge in [0, 0.05) is 5.02 Å². The maximum Gasteiger partial charge on any atom is 0.142 e. The smallest absolute Gasteiger partial charge is 0.142 e. The van der Waals surface area contributed by atoms with Gasteiger partial charge in [0.1, 0.15) is 5.75 Å². The van der Waals surface area contributed by atoms with Gasteiger partial charge in [-0.3, -0.25) is 0 Å². The lowest BCUT2D eigenvalue weighted by Crippen LogP contribution is -2.12. The SMILES string of the molecule is CCC(Nc1ccccc1OC(C)C)c1ccc(Cl)cc1. The molecule has 2 nitrogen and oxygen atoms in total. The minimum absolute atomic E-state index is 0.156. The number of rotatable bonds is 6. The molecule has 21 heavy (non-hydrogen) atoms. The van der Waals surface area contributed by atoms with Crippen molar-refractivity contribution in [2.45, 2.75) is 39.3 Å². The van der Waals surface area contributed by atoms with E-state index in [1.54, 1.807) is 0 Å². The number of hydrogen-bond acceptors (Lipinski definition) is 2. The average molecular weight is 304 g/mol. The van der Waals surface area contributed by atoms with E-state index in [0.29, 0.717) is 0 Å². The zero-order valence-corrected chi connectivity index (χ0v) is 13.5. The molecule has 0 bridgehead atoms. The van der Waals surface area contributed by atoms with Crippen LogP contribution < -0.4 is 10.1 Å². The number of para-hydroxylation sites is 2. The van der Waals surface area contributed by atoms with Gasteiger partial charge in [-0.15, -0.1) is 0 Å². The second kappa shape index (κ2) is 7.37. The summed E-state index contributed by atoms with van der Waals surface area (Å²) in [5.41, 5.74) is 2.24. The van der Waals surface area contributed by atoms with Crippen LogP contribution in [-0.4, -0.2) is 6.10 Å². The highest BCUT2D eigenvalue weighted by molar-refractivity contribution is 6.30. The van der Waals surface area contributed by atoms with Crippen LogP contribution in [0.25, 0.3) is 0 Å². The van der Waals surface area contributed by atoms with Crippen LogP contribution in [0.5, 0.6) is 5.75 Å². The number of halogens is 1. The molecule has 0 radical (unpaired) electrons. The van der Waals surface area contributed by atoms with Crippen molar-refractivity contribution in [1.29, 1.82) is 0 Å². The largest absolute Gasteiger partial charge is 0.489 e. The lowest BCUT2D eigenvalue weighted by Gasteiger charge is -2.22. The van der Waals surface area contributed by atoms with Crippen molar-refractivity contribution in [2.75, 3.05) is 5.32 Å². The van der Waals surface area contributed by atoms with Crippen molar-refractivity contribution in [1.82, 2.24) is 0 Å². The standard InChI is InChI=1S/C18H22ClNO/c1-4-16(14-9-11-15(19)12-10-14)20-17-7-5-6-8-18(17)21-13(2)3/h5-13,16,20H,4H2,1-3H3. The molecule has 0 aliphatic carbocycles. The molecule has 0 aliphatic rings. The lowest BCUT2D eigenvalue weighted by atomic mass is 10.0. The molecule has 2 aromatic rings. The summed E-state index contributed by atoms with van der Waals surface area (Å²) in [6, 6.07) is 16.3. The van der Waals surface area contributed by atoms with Crippen molar-refractivity contribution in [2.24, 2.45) is 0 Å². The Morgan fingerprint density at radius 1 is 1.05 bits per heavy atom. The van der Waals surface area contributed by atoms with E-state index in [1.807, 2.05) is 44.2 Å². The van der Waals surface area contributed by atoms with Gasteiger partial charge in [0.15, 0.2) is 0 Å². The van der Waals surface area contributed by atoms with Gasteiger partial charge >= 0.3 is 0 Å². The maximum absolute atomic E-state index is 5.96. The first-order chi connectivity index (χ1) is 10.1. The van der Waals surface area contributed by atoms with Crippen LogP contribution in [0, 0.1) is 0 Å². The predicted octanol–water partition coefficient (Wildman–Crippen LogP) is 5.69. The lowest BCUT2D eigenvalue weighted by molar-refractivity contribution is 0.243. The summed E-state index contributed by atoms with van der Waals surface area (Å²) in [4.78, 5) is 0. The molecular weight excluding hydrogens is 282 g/mol. The highest BCUT2D eigenvalue weighted by Gasteiger charge is 2.12. The maximum atomic E-state index is 5.96. The zero-order valence-electron chi connectivity index (χ0n) is 12.8. The van der Waals surface area contributed by atoms with Crippen molar-refractivity contribution in [3.8, 4) is 5.75 Å². The zero-order chi connectivity index (χ0) is 15.2. The molecule has 0 spiro atoms. The van der Waals surface area contributed by atoms with Crippen LogP contribution in [0.15, 0.2) is 48.5 Å². The Morgan fingerprint density at radius 2 is 1.71 bits per heavy atom. The Balaban J connectivity index is 2.20. The fourth-order valence-electron chi connectivity index (χ4n) is 2.25. The average Bonchev–Trinajstić information content (AvgIpc) is 2.47. The van der Waals surface area contributed by atoms with E-state index >= 15 is 0 Å². The molecule has 0 aromatic heterocycles. The van der Waals surface area contributed by atoms with Gasteiger partial charge in [0.25, 0.3) is 0 Å². The predicted molar refractivity (Wildman–Crippen MR) is 90.3 cm³/mol. The molecule has 0 aliphatic heterocycles. The molecule has 0 amide bonds. The van der Waals surface area contributed by atoms with E-state index in [1.165, 1.54) is 5.56 Å². The van der Waals surface area contributed by atoms with E-state index in [-0.39, 0.29) is 12.1 Å². The van der Waals surface area contributed by atoms with Crippen molar-refractivity contribution in [3.05, 3.63) is 59.1 Å². The second-order valence-electron chi connectivity index (χ2n) is 5.32. The number of nitrogens with one attached hydrogen (secondary N) is 1. The van der Waals surface area contributed by atoms with Gasteiger partial charge in [0.2, 0.25) is 0 Å². The third-order valence-corrected chi connectivity index (χ3v) is 3.51. The summed E-state index contributed by atoms with van der Waals surface area (Å²) in [5, 5.41) is 4.33. The molecule has 1 N–H and O–H groups in total. The molecule has 112 valence electrons. The fourth-order valence-corrected chi connectivity index (χ4v) is 2.37. The van der Waals surface area contributed by atoms with Gasteiger partial charge in [-0.05, 0) is 50.1 Å². The molecule has 3 heteroatoms. The van der Waals surface area contributed by atoms with Gasteiger partial charge in [-0.2, -0.15) is 0 Å². The monoisotopic (exact) mass is 303 g/mol. The van der Waals surface area contributed by atoms with E-state index in [9.17, 15) is 0 Å². The first-order valence-electron chi connectivity index (χ1n) is 7.37. The summed E-state index contributed by atoms with van der Waals surface area (Å²) < 4.78 is 5.86. The van der Waals surface area contributed by atoms with Crippen LogP contribution in [0.4, 0.5) is 5.69 Å². The Kier molecular flexibility index (Phi) is 5.51. The van der Waals surface area contributed by atoms with E-state index in [0.717, 1.165) is 22.9 Å². The summed E-state index contributed by atoms with van der Waals surface area (Å²) in [6.45, 7) is 6.23. The quantitative estimate of drug-likeness (QED) is 0.740. The normalized spacial score (nSPS) is 12.2. The van der Waals surface area contributed by atoms with Crippen LogP contribution in [-0.2, 0) is 0 Å². The summed E-state index contributed by atoms with van der Waals surface area (Å²) in [7, 11) is 0. The minimum atomic E-state index is 0.156. The number of ether oxygens (including phenoxy) is 1. The number of hydrogen-bond donors (Lipinski definition) is 1. The molecule has 2 rings (SSSR count). The molecule has 0 heterocycles. The Hall–Kier alpha value is -1.67. The number of benzene rings is 2. The summed E-state index contributed by atoms with van der Waals surface area (Å²) in [6.07, 6.45) is 1.14. The van der Waals surface area contributed by atoms with Crippen molar-refractivity contribution in [3.63, 3.8) is 0 Å². The van der Waals surface area contributed by atoms with E-state index < -0.39 is 0 Å². The van der Waals surface area contributed by atoms with E-state index in [2.05, 4.69) is 30.4 Å². The third kappa shape index (κ3) is 4.40. The molecule has 1 atom stereocenters. The van der Waals surface area contributed by atoms with Gasteiger partial charge in [-0.1, -0.05) is 42.8 Å². The van der Waals surface area contributed by atoms with E-state index in [4.69, 9.17) is 16.3 Å². The topological polar surface area (TPSA) is 21.3 Å². The summed E-state index contributed by atoms with van der Waals surface area (Å²) >= 11 is 5.96. The van der Waals surface area contributed by atoms with Crippen molar-refractivity contribution < 1.29 is 4.74 Å². The highest BCUT2D eigenvalue weighted by atomic mass is 35.5. The Labute approximate surface area is 132 Å². The third-order valence-electron chi connectivity index (χ3n) is 3.26. The van der Waals surface area contributed by atoms with Crippen LogP contribution in [0.3, 0.4) is 0 Å². The Morgan fingerprint density at radius 3 is 2.33 bits per heavy atom. The first kappa shape index (κ1) is 15.7. The fraction of sp³-hybridized carbons (Fsp3) is 0.333. The van der Waals surface area contributed by atoms with Crippen LogP contribution in [0.1, 0.15) is 38.8 Å². The van der Waals surface area contributed by atoms with Crippen LogP contribution >= 0.6 is 11.6 Å². The van der Waals surface area contributed by atoms with Crippen LogP contribution in [0.2, 0.25) is 5.02 Å². The minimum Gasteiger partial charge on any atom is -0.489 e. The molecule has 2 aromatic carbocycles. The van der Waals surface area contributed by atoms with Crippen molar-refractivity contribution >= 4 is 17.3 Å². The molecular formula is C18H22ClNO. The van der Waals surface area contributed by atoms with Gasteiger partial charge in [0.05, 0.1) is 17.8 Å². The second-order valence-corrected chi connectivity index (χ2v) is 5.76. The molecule has 0 fully saturated rings. The molecule has 0 saturated heterocycles. The molecule has 1 unspecified atom stereocenters. The highest BCUT2D eigenvalue weighted by Crippen LogP contribution is 2.30. The summed E-state index contributed by atoms with van der Waals surface area (Å²) in [5.74, 6) is 0.889. The molecule has 0 saturated carbocycles.